The number of nitrogens with zero attached hydrogens (tertiary/aromatic N) is 5. The van der Waals surface area contributed by atoms with Gasteiger partial charge in [0.05, 0.1) is 11.7 Å². The molecule has 1 aliphatic rings. The van der Waals surface area contributed by atoms with Gasteiger partial charge in [-0.25, -0.2) is 14.1 Å². The molecule has 29 heavy (non-hydrogen) atoms. The summed E-state index contributed by atoms with van der Waals surface area (Å²) in [5, 5.41) is 8.57. The minimum absolute atomic E-state index is 0.0315. The van der Waals surface area contributed by atoms with Gasteiger partial charge >= 0.3 is 0 Å². The van der Waals surface area contributed by atoms with Crippen molar-refractivity contribution in [3.8, 4) is 16.4 Å². The lowest BCUT2D eigenvalue weighted by atomic mass is 9.97. The van der Waals surface area contributed by atoms with Gasteiger partial charge in [0.15, 0.2) is 5.82 Å². The van der Waals surface area contributed by atoms with Gasteiger partial charge in [0.25, 0.3) is 0 Å². The maximum absolute atomic E-state index is 13.2. The third kappa shape index (κ3) is 3.56. The molecule has 5 rings (SSSR count). The average Bonchev–Trinajstić information content (AvgIpc) is 3.39. The van der Waals surface area contributed by atoms with Crippen LogP contribution in [0.25, 0.3) is 16.4 Å². The van der Waals surface area contributed by atoms with Crippen LogP contribution < -0.4 is 11.1 Å². The Hall–Kier alpha value is -3.33. The summed E-state index contributed by atoms with van der Waals surface area (Å²) in [5.74, 6) is 1.18. The molecule has 0 spiro atoms. The summed E-state index contributed by atoms with van der Waals surface area (Å²) in [6.07, 6.45) is 6.49. The second-order valence-corrected chi connectivity index (χ2v) is 7.93. The quantitative estimate of drug-likeness (QED) is 0.531. The van der Waals surface area contributed by atoms with Gasteiger partial charge in [-0.05, 0) is 49.6 Å². The fourth-order valence-electron chi connectivity index (χ4n) is 3.50. The van der Waals surface area contributed by atoms with Crippen LogP contribution in [0.3, 0.4) is 0 Å². The van der Waals surface area contributed by atoms with Crippen LogP contribution in [-0.2, 0) is 6.42 Å². The van der Waals surface area contributed by atoms with Gasteiger partial charge in [-0.2, -0.15) is 15.1 Å². The summed E-state index contributed by atoms with van der Waals surface area (Å²) in [5.41, 5.74) is 7.86. The summed E-state index contributed by atoms with van der Waals surface area (Å²) >= 11 is 1.67. The summed E-state index contributed by atoms with van der Waals surface area (Å²) in [4.78, 5) is 14.7. The number of thiazole rings is 1. The van der Waals surface area contributed by atoms with E-state index in [-0.39, 0.29) is 17.8 Å². The molecule has 0 saturated carbocycles. The average molecular weight is 407 g/mol. The molecule has 0 fully saturated rings. The molecular formula is C20H18FN7S. The molecule has 9 heteroatoms. The fourth-order valence-corrected chi connectivity index (χ4v) is 4.67. The third-order valence-corrected chi connectivity index (χ3v) is 6.02. The lowest BCUT2D eigenvalue weighted by molar-refractivity contribution is 0.592. The molecule has 3 heterocycles. The van der Waals surface area contributed by atoms with Crippen molar-refractivity contribution in [2.75, 3.05) is 11.1 Å². The van der Waals surface area contributed by atoms with Crippen LogP contribution in [0.2, 0.25) is 0 Å². The number of anilines is 2. The zero-order valence-corrected chi connectivity index (χ0v) is 16.2. The molecule has 3 N–H and O–H groups in total. The third-order valence-electron chi connectivity index (χ3n) is 4.84. The Bertz CT molecular complexity index is 1140. The number of aryl methyl sites for hydroxylation is 1. The predicted molar refractivity (Wildman–Crippen MR) is 110 cm³/mol. The molecule has 0 aliphatic heterocycles. The van der Waals surface area contributed by atoms with Gasteiger partial charge in [0.2, 0.25) is 5.95 Å². The molecule has 3 aromatic heterocycles. The number of nitrogen functional groups attached to an aromatic ring is 1. The SMILES string of the molecule is Nc1nc(NC2CCCc3sc(-c4ccc(F)cc4)nc32)cc(-n2cccn2)n1. The highest BCUT2D eigenvalue weighted by atomic mass is 32.1. The smallest absolute Gasteiger partial charge is 0.224 e. The van der Waals surface area contributed by atoms with Gasteiger partial charge < -0.3 is 11.1 Å². The Morgan fingerprint density at radius 1 is 1.17 bits per heavy atom. The molecule has 0 bridgehead atoms. The molecule has 0 amide bonds. The Balaban J connectivity index is 1.45. The molecule has 0 radical (unpaired) electrons. The first-order valence-electron chi connectivity index (χ1n) is 9.32. The largest absolute Gasteiger partial charge is 0.368 e. The van der Waals surface area contributed by atoms with Crippen LogP contribution in [-0.4, -0.2) is 24.7 Å². The lowest BCUT2D eigenvalue weighted by Crippen LogP contribution is -2.18. The molecule has 146 valence electrons. The first-order valence-corrected chi connectivity index (χ1v) is 10.1. The molecule has 1 aromatic carbocycles. The standard InChI is InChI=1S/C20H18FN7S/c21-13-7-5-12(6-8-13)19-27-18-14(3-1-4-15(18)29-19)24-16-11-17(26-20(22)25-16)28-10-2-9-23-28/h2,5-11,14H,1,3-4H2,(H3,22,24,25,26). The maximum Gasteiger partial charge on any atom is 0.224 e. The second-order valence-electron chi connectivity index (χ2n) is 6.84. The van der Waals surface area contributed by atoms with Crippen molar-refractivity contribution in [1.29, 1.82) is 0 Å². The van der Waals surface area contributed by atoms with Gasteiger partial charge in [-0.15, -0.1) is 11.3 Å². The van der Waals surface area contributed by atoms with Crippen molar-refractivity contribution in [1.82, 2.24) is 24.7 Å². The molecule has 1 unspecified atom stereocenters. The molecule has 1 aliphatic carbocycles. The Morgan fingerprint density at radius 3 is 2.83 bits per heavy atom. The number of rotatable bonds is 4. The van der Waals surface area contributed by atoms with Crippen LogP contribution in [0.1, 0.15) is 29.5 Å². The van der Waals surface area contributed by atoms with Crippen LogP contribution >= 0.6 is 11.3 Å². The normalized spacial score (nSPS) is 15.8. The highest BCUT2D eigenvalue weighted by Crippen LogP contribution is 2.38. The van der Waals surface area contributed by atoms with Crippen LogP contribution in [0, 0.1) is 5.82 Å². The van der Waals surface area contributed by atoms with E-state index in [9.17, 15) is 4.39 Å². The van der Waals surface area contributed by atoms with E-state index in [4.69, 9.17) is 10.7 Å². The van der Waals surface area contributed by atoms with Crippen LogP contribution in [0.5, 0.6) is 0 Å². The Morgan fingerprint density at radius 2 is 2.03 bits per heavy atom. The van der Waals surface area contributed by atoms with Gasteiger partial charge in [-0.1, -0.05) is 0 Å². The summed E-state index contributed by atoms with van der Waals surface area (Å²) in [7, 11) is 0. The molecular weight excluding hydrogens is 389 g/mol. The van der Waals surface area contributed by atoms with E-state index in [1.54, 1.807) is 40.5 Å². The van der Waals surface area contributed by atoms with Crippen molar-refractivity contribution >= 4 is 23.1 Å². The maximum atomic E-state index is 13.2. The van der Waals surface area contributed by atoms with Crippen molar-refractivity contribution in [2.45, 2.75) is 25.3 Å². The fraction of sp³-hybridized carbons (Fsp3) is 0.200. The van der Waals surface area contributed by atoms with Crippen molar-refractivity contribution < 1.29 is 4.39 Å². The minimum Gasteiger partial charge on any atom is -0.368 e. The van der Waals surface area contributed by atoms with Crippen molar-refractivity contribution in [2.24, 2.45) is 0 Å². The highest BCUT2D eigenvalue weighted by Gasteiger charge is 2.25. The summed E-state index contributed by atoms with van der Waals surface area (Å²) in [6.45, 7) is 0. The number of nitrogens with two attached hydrogens (primary N) is 1. The van der Waals surface area contributed by atoms with Crippen LogP contribution in [0.15, 0.2) is 48.8 Å². The minimum atomic E-state index is -0.246. The molecule has 4 aromatic rings. The first kappa shape index (κ1) is 17.7. The Kier molecular flexibility index (Phi) is 4.44. The molecule has 0 saturated heterocycles. The van der Waals surface area contributed by atoms with Gasteiger partial charge in [0.1, 0.15) is 16.6 Å². The van der Waals surface area contributed by atoms with E-state index < -0.39 is 0 Å². The summed E-state index contributed by atoms with van der Waals surface area (Å²) in [6, 6.07) is 10.1. The first-order chi connectivity index (χ1) is 14.2. The van der Waals surface area contributed by atoms with E-state index in [0.29, 0.717) is 11.6 Å². The topological polar surface area (TPSA) is 94.5 Å². The van der Waals surface area contributed by atoms with Crippen molar-refractivity contribution in [3.63, 3.8) is 0 Å². The van der Waals surface area contributed by atoms with E-state index in [2.05, 4.69) is 20.4 Å². The van der Waals surface area contributed by atoms with Crippen LogP contribution in [0.4, 0.5) is 16.2 Å². The highest BCUT2D eigenvalue weighted by molar-refractivity contribution is 7.15. The number of hydrogen-bond donors (Lipinski definition) is 2. The van der Waals surface area contributed by atoms with E-state index in [0.717, 1.165) is 35.5 Å². The van der Waals surface area contributed by atoms with Crippen molar-refractivity contribution in [3.05, 3.63) is 65.2 Å². The molecule has 7 nitrogen and oxygen atoms in total. The number of halogens is 1. The molecule has 1 atom stereocenters. The Labute approximate surface area is 170 Å². The summed E-state index contributed by atoms with van der Waals surface area (Å²) < 4.78 is 14.9. The monoisotopic (exact) mass is 407 g/mol. The number of aromatic nitrogens is 5. The van der Waals surface area contributed by atoms with E-state index >= 15 is 0 Å². The number of hydrogen-bond acceptors (Lipinski definition) is 7. The van der Waals surface area contributed by atoms with E-state index in [1.165, 1.54) is 17.0 Å². The number of nitrogens with one attached hydrogen (secondary N) is 1. The van der Waals surface area contributed by atoms with Gasteiger partial charge in [-0.3, -0.25) is 0 Å². The second kappa shape index (κ2) is 7.25. The predicted octanol–water partition coefficient (Wildman–Crippen LogP) is 4.00. The van der Waals surface area contributed by atoms with E-state index in [1.807, 2.05) is 12.1 Å². The lowest BCUT2D eigenvalue weighted by Gasteiger charge is -2.23. The zero-order chi connectivity index (χ0) is 19.8. The van der Waals surface area contributed by atoms with Gasteiger partial charge in [0, 0.05) is 28.9 Å². The number of fused-ring (bicyclic) bond motifs is 1. The number of benzene rings is 1. The zero-order valence-electron chi connectivity index (χ0n) is 15.4.